The van der Waals surface area contributed by atoms with Gasteiger partial charge in [-0.2, -0.15) is 5.11 Å². The van der Waals surface area contributed by atoms with Gasteiger partial charge in [0, 0.05) is 18.4 Å². The fourth-order valence-corrected chi connectivity index (χ4v) is 3.99. The Morgan fingerprint density at radius 2 is 2.03 bits per heavy atom. The molecule has 2 unspecified atom stereocenters. The molecule has 9 heteroatoms. The molecule has 0 saturated carbocycles. The van der Waals surface area contributed by atoms with Crippen molar-refractivity contribution in [3.05, 3.63) is 54.1 Å². The molecule has 1 saturated heterocycles. The first kappa shape index (κ1) is 18.0. The number of nitrogens with two attached hydrogens (primary N) is 1. The SMILES string of the molecule is Nc1ccc(F)c(-c2ccc3c(C4CN=NN4C4CCCCO4)ncn3c2)c1F. The van der Waals surface area contributed by atoms with Crippen LogP contribution in [0.25, 0.3) is 16.6 Å². The van der Waals surface area contributed by atoms with Crippen molar-refractivity contribution in [1.29, 1.82) is 0 Å². The number of fused-ring (bicyclic) bond motifs is 1. The third-order valence-corrected chi connectivity index (χ3v) is 5.48. The van der Waals surface area contributed by atoms with Crippen LogP contribution >= 0.6 is 0 Å². The summed E-state index contributed by atoms with van der Waals surface area (Å²) in [5.74, 6) is -1.43. The van der Waals surface area contributed by atoms with Crippen molar-refractivity contribution in [2.45, 2.75) is 31.5 Å². The summed E-state index contributed by atoms with van der Waals surface area (Å²) in [4.78, 5) is 4.55. The van der Waals surface area contributed by atoms with E-state index in [0.29, 0.717) is 18.7 Å². The minimum atomic E-state index is -0.765. The highest BCUT2D eigenvalue weighted by Crippen LogP contribution is 2.35. The standard InChI is InChI=1S/C20H20F2N6O/c21-13-5-6-14(23)19(22)18(13)12-4-7-15-20(24-11-27(15)10-12)16-9-25-26-28(16)17-3-1-2-8-29-17/h4-7,10-11,16-17H,1-3,8-9,23H2. The van der Waals surface area contributed by atoms with Crippen molar-refractivity contribution in [2.24, 2.45) is 10.3 Å². The van der Waals surface area contributed by atoms with Gasteiger partial charge in [-0.3, -0.25) is 0 Å². The Kier molecular flexibility index (Phi) is 4.39. The summed E-state index contributed by atoms with van der Waals surface area (Å²) in [6, 6.07) is 5.73. The molecule has 0 amide bonds. The number of aromatic nitrogens is 2. The molecule has 150 valence electrons. The molecule has 4 heterocycles. The zero-order valence-electron chi connectivity index (χ0n) is 15.6. The Balaban J connectivity index is 1.51. The van der Waals surface area contributed by atoms with Gasteiger partial charge in [-0.1, -0.05) is 11.3 Å². The van der Waals surface area contributed by atoms with E-state index < -0.39 is 11.6 Å². The number of anilines is 1. The zero-order chi connectivity index (χ0) is 20.0. The lowest BCUT2D eigenvalue weighted by molar-refractivity contribution is -0.0972. The van der Waals surface area contributed by atoms with Crippen LogP contribution < -0.4 is 5.73 Å². The lowest BCUT2D eigenvalue weighted by Gasteiger charge is -2.32. The largest absolute Gasteiger partial charge is 0.396 e. The van der Waals surface area contributed by atoms with E-state index in [2.05, 4.69) is 15.3 Å². The number of hydrogen-bond acceptors (Lipinski definition) is 6. The first-order chi connectivity index (χ1) is 14.1. The van der Waals surface area contributed by atoms with Crippen molar-refractivity contribution < 1.29 is 13.5 Å². The molecule has 7 nitrogen and oxygen atoms in total. The summed E-state index contributed by atoms with van der Waals surface area (Å²) in [7, 11) is 0. The van der Waals surface area contributed by atoms with Gasteiger partial charge in [0.25, 0.3) is 0 Å². The van der Waals surface area contributed by atoms with Crippen molar-refractivity contribution in [2.75, 3.05) is 18.9 Å². The monoisotopic (exact) mass is 398 g/mol. The molecule has 1 fully saturated rings. The summed E-state index contributed by atoms with van der Waals surface area (Å²) in [6.07, 6.45) is 6.23. The van der Waals surface area contributed by atoms with Gasteiger partial charge in [-0.15, -0.1) is 0 Å². The number of hydrogen-bond donors (Lipinski definition) is 1. The van der Waals surface area contributed by atoms with Gasteiger partial charge in [-0.05, 0) is 37.5 Å². The van der Waals surface area contributed by atoms with Gasteiger partial charge in [0.15, 0.2) is 5.82 Å². The minimum Gasteiger partial charge on any atom is -0.396 e. The summed E-state index contributed by atoms with van der Waals surface area (Å²) in [5, 5.41) is 10.3. The third-order valence-electron chi connectivity index (χ3n) is 5.48. The van der Waals surface area contributed by atoms with Crippen LogP contribution in [0, 0.1) is 11.6 Å². The van der Waals surface area contributed by atoms with Crippen LogP contribution in [0.3, 0.4) is 0 Å². The fraction of sp³-hybridized carbons (Fsp3) is 0.350. The van der Waals surface area contributed by atoms with Crippen LogP contribution in [0.4, 0.5) is 14.5 Å². The highest BCUT2D eigenvalue weighted by atomic mass is 19.1. The van der Waals surface area contributed by atoms with E-state index in [-0.39, 0.29) is 23.5 Å². The smallest absolute Gasteiger partial charge is 0.156 e. The Labute approximate surface area is 165 Å². The lowest BCUT2D eigenvalue weighted by atomic mass is 10.0. The summed E-state index contributed by atoms with van der Waals surface area (Å²) in [6.45, 7) is 1.21. The maximum Gasteiger partial charge on any atom is 0.156 e. The molecule has 0 spiro atoms. The number of benzene rings is 1. The molecule has 29 heavy (non-hydrogen) atoms. The molecule has 2 aliphatic rings. The molecule has 0 bridgehead atoms. The van der Waals surface area contributed by atoms with E-state index in [1.807, 2.05) is 5.01 Å². The van der Waals surface area contributed by atoms with Gasteiger partial charge >= 0.3 is 0 Å². The summed E-state index contributed by atoms with van der Waals surface area (Å²) in [5.41, 5.74) is 7.40. The van der Waals surface area contributed by atoms with E-state index >= 15 is 0 Å². The Bertz CT molecular complexity index is 1090. The van der Waals surface area contributed by atoms with Crippen molar-refractivity contribution >= 4 is 11.2 Å². The van der Waals surface area contributed by atoms with E-state index in [1.54, 1.807) is 29.1 Å². The van der Waals surface area contributed by atoms with Crippen molar-refractivity contribution in [3.63, 3.8) is 0 Å². The van der Waals surface area contributed by atoms with E-state index in [4.69, 9.17) is 10.5 Å². The van der Waals surface area contributed by atoms with Crippen molar-refractivity contribution in [1.82, 2.24) is 14.4 Å². The van der Waals surface area contributed by atoms with Crippen molar-refractivity contribution in [3.8, 4) is 11.1 Å². The van der Waals surface area contributed by atoms with Crippen LogP contribution in [0.2, 0.25) is 0 Å². The average molecular weight is 398 g/mol. The van der Waals surface area contributed by atoms with Crippen LogP contribution in [0.15, 0.2) is 47.1 Å². The van der Waals surface area contributed by atoms with Gasteiger partial charge < -0.3 is 14.9 Å². The first-order valence-electron chi connectivity index (χ1n) is 9.61. The number of imidazole rings is 1. The summed E-state index contributed by atoms with van der Waals surface area (Å²) < 4.78 is 36.3. The molecular formula is C20H20F2N6O. The molecule has 3 aromatic rings. The number of rotatable bonds is 3. The van der Waals surface area contributed by atoms with Crippen LogP contribution in [0.5, 0.6) is 0 Å². The molecule has 0 aliphatic carbocycles. The van der Waals surface area contributed by atoms with E-state index in [9.17, 15) is 8.78 Å². The number of nitrogens with zero attached hydrogens (tertiary/aromatic N) is 5. The molecule has 2 aliphatic heterocycles. The van der Waals surface area contributed by atoms with Gasteiger partial charge in [-0.25, -0.2) is 18.8 Å². The highest BCUT2D eigenvalue weighted by Gasteiger charge is 2.34. The fourth-order valence-electron chi connectivity index (χ4n) is 3.99. The second-order valence-electron chi connectivity index (χ2n) is 7.30. The van der Waals surface area contributed by atoms with Gasteiger partial charge in [0.2, 0.25) is 0 Å². The molecule has 0 radical (unpaired) electrons. The first-order valence-corrected chi connectivity index (χ1v) is 9.61. The third kappa shape index (κ3) is 3.02. The highest BCUT2D eigenvalue weighted by molar-refractivity contribution is 5.71. The molecule has 2 aromatic heterocycles. The Morgan fingerprint density at radius 1 is 1.14 bits per heavy atom. The van der Waals surface area contributed by atoms with Gasteiger partial charge in [0.05, 0.1) is 35.3 Å². The lowest BCUT2D eigenvalue weighted by Crippen LogP contribution is -2.37. The zero-order valence-corrected chi connectivity index (χ0v) is 15.6. The average Bonchev–Trinajstić information content (AvgIpc) is 3.38. The van der Waals surface area contributed by atoms with E-state index in [0.717, 1.165) is 30.5 Å². The van der Waals surface area contributed by atoms with Crippen LogP contribution in [-0.2, 0) is 4.74 Å². The van der Waals surface area contributed by atoms with Crippen LogP contribution in [-0.4, -0.2) is 33.8 Å². The molecule has 1 aromatic carbocycles. The van der Waals surface area contributed by atoms with E-state index in [1.165, 1.54) is 12.1 Å². The predicted octanol–water partition coefficient (Wildman–Crippen LogP) is 4.11. The Morgan fingerprint density at radius 3 is 2.86 bits per heavy atom. The Hall–Kier alpha value is -3.07. The molecule has 5 rings (SSSR count). The number of pyridine rings is 1. The minimum absolute atomic E-state index is 0.0925. The molecule has 2 N–H and O–H groups in total. The number of nitrogen functional groups attached to an aromatic ring is 1. The maximum absolute atomic E-state index is 14.4. The topological polar surface area (TPSA) is 80.5 Å². The number of ether oxygens (including phenoxy) is 1. The quantitative estimate of drug-likeness (QED) is 0.673. The maximum atomic E-state index is 14.4. The normalized spacial score (nSPS) is 21.9. The summed E-state index contributed by atoms with van der Waals surface area (Å²) >= 11 is 0. The molecule has 2 atom stereocenters. The predicted molar refractivity (Wildman–Crippen MR) is 103 cm³/mol. The second kappa shape index (κ2) is 7.07. The second-order valence-corrected chi connectivity index (χ2v) is 7.30. The molecular weight excluding hydrogens is 378 g/mol. The number of halogens is 2. The van der Waals surface area contributed by atoms with Gasteiger partial charge in [0.1, 0.15) is 18.1 Å². The van der Waals surface area contributed by atoms with Crippen LogP contribution in [0.1, 0.15) is 31.0 Å².